The number of ether oxygens (including phenoxy) is 2. The molecule has 0 aromatic heterocycles. The van der Waals surface area contributed by atoms with Gasteiger partial charge in [-0.1, -0.05) is 31.0 Å². The number of rotatable bonds is 9. The first-order valence-electron chi connectivity index (χ1n) is 9.79. The van der Waals surface area contributed by atoms with E-state index in [9.17, 15) is 14.7 Å². The topological polar surface area (TPSA) is 84.9 Å². The first-order chi connectivity index (χ1) is 13.0. The molecule has 2 atom stereocenters. The van der Waals surface area contributed by atoms with Crippen molar-refractivity contribution >= 4 is 11.9 Å². The Balaban J connectivity index is 1.59. The third-order valence-electron chi connectivity index (χ3n) is 5.90. The van der Waals surface area contributed by atoms with E-state index in [1.54, 1.807) is 7.11 Å². The highest BCUT2D eigenvalue weighted by molar-refractivity contribution is 5.84. The Kier molecular flexibility index (Phi) is 6.37. The minimum absolute atomic E-state index is 0.0248. The van der Waals surface area contributed by atoms with E-state index in [1.807, 2.05) is 24.3 Å². The van der Waals surface area contributed by atoms with Crippen LogP contribution in [0.15, 0.2) is 24.3 Å². The molecule has 2 aliphatic rings. The molecule has 2 N–H and O–H groups in total. The van der Waals surface area contributed by atoms with Crippen LogP contribution in [0.4, 0.5) is 0 Å². The van der Waals surface area contributed by atoms with Gasteiger partial charge in [0.05, 0.1) is 12.5 Å². The van der Waals surface area contributed by atoms with Crippen molar-refractivity contribution in [3.63, 3.8) is 0 Å². The van der Waals surface area contributed by atoms with Gasteiger partial charge < -0.3 is 19.9 Å². The molecule has 0 spiro atoms. The number of para-hydroxylation sites is 1. The lowest BCUT2D eigenvalue weighted by Gasteiger charge is -2.31. The predicted octanol–water partition coefficient (Wildman–Crippen LogP) is 2.79. The lowest BCUT2D eigenvalue weighted by molar-refractivity contribution is -0.145. The van der Waals surface area contributed by atoms with E-state index in [2.05, 4.69) is 5.32 Å². The average Bonchev–Trinajstić information content (AvgIpc) is 3.30. The summed E-state index contributed by atoms with van der Waals surface area (Å²) in [5.41, 5.74) is 0.584. The van der Waals surface area contributed by atoms with Crippen molar-refractivity contribution in [1.82, 2.24) is 5.32 Å². The van der Waals surface area contributed by atoms with Crippen LogP contribution >= 0.6 is 0 Å². The smallest absolute Gasteiger partial charge is 0.306 e. The van der Waals surface area contributed by atoms with E-state index in [0.717, 1.165) is 43.4 Å². The number of carboxylic acid groups (broad SMARTS) is 1. The molecule has 6 nitrogen and oxygen atoms in total. The van der Waals surface area contributed by atoms with E-state index in [1.165, 1.54) is 0 Å². The minimum Gasteiger partial charge on any atom is -0.488 e. The highest BCUT2D eigenvalue weighted by Gasteiger charge is 2.44. The Morgan fingerprint density at radius 1 is 1.33 bits per heavy atom. The molecule has 1 fully saturated rings. The van der Waals surface area contributed by atoms with Gasteiger partial charge in [0.25, 0.3) is 0 Å². The minimum atomic E-state index is -0.847. The van der Waals surface area contributed by atoms with Crippen molar-refractivity contribution in [3.05, 3.63) is 29.8 Å². The summed E-state index contributed by atoms with van der Waals surface area (Å²) in [6.07, 6.45) is 4.97. The van der Waals surface area contributed by atoms with Crippen molar-refractivity contribution in [2.24, 2.45) is 11.3 Å². The molecular weight excluding hydrogens is 346 g/mol. The Morgan fingerprint density at radius 3 is 2.74 bits per heavy atom. The van der Waals surface area contributed by atoms with Crippen molar-refractivity contribution in [2.45, 2.75) is 51.0 Å². The van der Waals surface area contributed by atoms with Gasteiger partial charge in [-0.25, -0.2) is 0 Å². The standard InChI is InChI=1S/C21H29NO5/c1-26-11-8-16(19(23)24)13-21(9-4-5-10-21)20(25)22-14-17-12-15-6-2-3-7-18(15)27-17/h2-3,6-7,16-17H,4-5,8-14H2,1H3,(H,22,25)(H,23,24). The summed E-state index contributed by atoms with van der Waals surface area (Å²) in [4.78, 5) is 24.7. The number of hydrogen-bond donors (Lipinski definition) is 2. The van der Waals surface area contributed by atoms with Gasteiger partial charge in [-0.3, -0.25) is 9.59 Å². The zero-order chi connectivity index (χ0) is 19.3. The number of nitrogens with one attached hydrogen (secondary N) is 1. The number of methoxy groups -OCH3 is 1. The lowest BCUT2D eigenvalue weighted by atomic mass is 9.76. The quantitative estimate of drug-likeness (QED) is 0.693. The van der Waals surface area contributed by atoms with Crippen LogP contribution in [0, 0.1) is 11.3 Å². The summed E-state index contributed by atoms with van der Waals surface area (Å²) >= 11 is 0. The monoisotopic (exact) mass is 375 g/mol. The van der Waals surface area contributed by atoms with Gasteiger partial charge in [-0.2, -0.15) is 0 Å². The number of carbonyl (C=O) groups excluding carboxylic acids is 1. The van der Waals surface area contributed by atoms with Crippen LogP contribution in [0.25, 0.3) is 0 Å². The zero-order valence-corrected chi connectivity index (χ0v) is 15.9. The average molecular weight is 375 g/mol. The summed E-state index contributed by atoms with van der Waals surface area (Å²) in [7, 11) is 1.57. The van der Waals surface area contributed by atoms with Crippen LogP contribution in [-0.4, -0.2) is 43.3 Å². The Bertz CT molecular complexity index is 643. The molecule has 3 rings (SSSR count). The Morgan fingerprint density at radius 2 is 2.07 bits per heavy atom. The van der Waals surface area contributed by atoms with Crippen LogP contribution in [0.5, 0.6) is 5.75 Å². The molecule has 1 amide bonds. The molecule has 6 heteroatoms. The van der Waals surface area contributed by atoms with Crippen molar-refractivity contribution in [2.75, 3.05) is 20.3 Å². The molecule has 148 valence electrons. The highest BCUT2D eigenvalue weighted by atomic mass is 16.5. The first kappa shape index (κ1) is 19.7. The zero-order valence-electron chi connectivity index (χ0n) is 15.9. The lowest BCUT2D eigenvalue weighted by Crippen LogP contribution is -2.45. The maximum Gasteiger partial charge on any atom is 0.306 e. The molecule has 1 aromatic rings. The summed E-state index contributed by atoms with van der Waals surface area (Å²) in [5.74, 6) is -0.539. The van der Waals surface area contributed by atoms with E-state index in [0.29, 0.717) is 26.0 Å². The fraction of sp³-hybridized carbons (Fsp3) is 0.619. The molecule has 1 heterocycles. The second-order valence-corrected chi connectivity index (χ2v) is 7.77. The van der Waals surface area contributed by atoms with Crippen LogP contribution in [-0.2, 0) is 20.7 Å². The number of carboxylic acids is 1. The molecule has 1 saturated carbocycles. The summed E-state index contributed by atoms with van der Waals surface area (Å²) in [5, 5.41) is 12.6. The number of amides is 1. The third-order valence-corrected chi connectivity index (χ3v) is 5.90. The maximum atomic E-state index is 13.0. The fourth-order valence-corrected chi connectivity index (χ4v) is 4.38. The maximum absolute atomic E-state index is 13.0. The van der Waals surface area contributed by atoms with E-state index in [4.69, 9.17) is 9.47 Å². The van der Waals surface area contributed by atoms with Crippen molar-refractivity contribution < 1.29 is 24.2 Å². The molecular formula is C21H29NO5. The summed E-state index contributed by atoms with van der Waals surface area (Å²) < 4.78 is 10.9. The molecule has 0 bridgehead atoms. The number of aliphatic carboxylic acids is 1. The summed E-state index contributed by atoms with van der Waals surface area (Å²) in [6, 6.07) is 7.92. The van der Waals surface area contributed by atoms with Gasteiger partial charge in [0.15, 0.2) is 0 Å². The predicted molar refractivity (Wildman–Crippen MR) is 101 cm³/mol. The number of fused-ring (bicyclic) bond motifs is 1. The SMILES string of the molecule is COCCC(CC1(C(=O)NCC2Cc3ccccc3O2)CCCC1)C(=O)O. The largest absolute Gasteiger partial charge is 0.488 e. The van der Waals surface area contributed by atoms with Crippen molar-refractivity contribution in [3.8, 4) is 5.75 Å². The van der Waals surface area contributed by atoms with Gasteiger partial charge in [0.2, 0.25) is 5.91 Å². The van der Waals surface area contributed by atoms with Gasteiger partial charge in [0, 0.05) is 25.6 Å². The van der Waals surface area contributed by atoms with Gasteiger partial charge >= 0.3 is 5.97 Å². The van der Waals surface area contributed by atoms with Crippen molar-refractivity contribution in [1.29, 1.82) is 0 Å². The number of carbonyl (C=O) groups is 2. The Labute approximate surface area is 160 Å². The second kappa shape index (κ2) is 8.74. The van der Waals surface area contributed by atoms with Crippen LogP contribution < -0.4 is 10.1 Å². The molecule has 27 heavy (non-hydrogen) atoms. The normalized spacial score (nSPS) is 21.3. The van der Waals surface area contributed by atoms with Crippen LogP contribution in [0.3, 0.4) is 0 Å². The van der Waals surface area contributed by atoms with E-state index >= 15 is 0 Å². The highest BCUT2D eigenvalue weighted by Crippen LogP contribution is 2.44. The van der Waals surface area contributed by atoms with Gasteiger partial charge in [0.1, 0.15) is 11.9 Å². The molecule has 0 saturated heterocycles. The van der Waals surface area contributed by atoms with Gasteiger partial charge in [-0.05, 0) is 37.3 Å². The number of hydrogen-bond acceptors (Lipinski definition) is 4. The van der Waals surface area contributed by atoms with E-state index < -0.39 is 17.3 Å². The van der Waals surface area contributed by atoms with E-state index in [-0.39, 0.29) is 12.0 Å². The third kappa shape index (κ3) is 4.61. The van der Waals surface area contributed by atoms with Gasteiger partial charge in [-0.15, -0.1) is 0 Å². The second-order valence-electron chi connectivity index (χ2n) is 7.77. The molecule has 0 radical (unpaired) electrons. The van der Waals surface area contributed by atoms with Crippen LogP contribution in [0.2, 0.25) is 0 Å². The fourth-order valence-electron chi connectivity index (χ4n) is 4.38. The summed E-state index contributed by atoms with van der Waals surface area (Å²) in [6.45, 7) is 0.841. The molecule has 1 aromatic carbocycles. The number of benzene rings is 1. The van der Waals surface area contributed by atoms with Crippen LogP contribution in [0.1, 0.15) is 44.1 Å². The molecule has 2 unspecified atom stereocenters. The Hall–Kier alpha value is -2.08. The first-order valence-corrected chi connectivity index (χ1v) is 9.79. The molecule has 1 aliphatic heterocycles. The molecule has 1 aliphatic carbocycles.